The van der Waals surface area contributed by atoms with Crippen LogP contribution in [0.3, 0.4) is 0 Å². The van der Waals surface area contributed by atoms with E-state index < -0.39 is 5.97 Å². The molecule has 0 aliphatic carbocycles. The highest BCUT2D eigenvalue weighted by molar-refractivity contribution is 9.10. The zero-order chi connectivity index (χ0) is 15.1. The molecule has 0 radical (unpaired) electrons. The van der Waals surface area contributed by atoms with Crippen molar-refractivity contribution in [3.63, 3.8) is 0 Å². The van der Waals surface area contributed by atoms with Gasteiger partial charge in [-0.25, -0.2) is 4.79 Å². The van der Waals surface area contributed by atoms with Gasteiger partial charge < -0.3 is 15.7 Å². The van der Waals surface area contributed by atoms with E-state index in [4.69, 9.17) is 5.11 Å². The van der Waals surface area contributed by atoms with Crippen LogP contribution in [-0.2, 0) is 4.79 Å². The third kappa shape index (κ3) is 5.21. The molecule has 0 spiro atoms. The van der Waals surface area contributed by atoms with E-state index >= 15 is 0 Å². The number of hydrogen-bond donors (Lipinski definition) is 3. The van der Waals surface area contributed by atoms with Crippen molar-refractivity contribution in [3.05, 3.63) is 28.2 Å². The zero-order valence-electron chi connectivity index (χ0n) is 11.6. The predicted octanol–water partition coefficient (Wildman–Crippen LogP) is 3.38. The van der Waals surface area contributed by atoms with Gasteiger partial charge in [0, 0.05) is 23.1 Å². The van der Waals surface area contributed by atoms with Gasteiger partial charge >= 0.3 is 12.0 Å². The van der Waals surface area contributed by atoms with Gasteiger partial charge in [0.05, 0.1) is 0 Å². The lowest BCUT2D eigenvalue weighted by molar-refractivity contribution is -0.138. The molecule has 6 heteroatoms. The number of carbonyl (C=O) groups excluding carboxylic acids is 1. The van der Waals surface area contributed by atoms with Gasteiger partial charge in [0.15, 0.2) is 0 Å². The summed E-state index contributed by atoms with van der Waals surface area (Å²) in [5.74, 6) is -0.899. The van der Waals surface area contributed by atoms with E-state index in [9.17, 15) is 9.59 Å². The van der Waals surface area contributed by atoms with Crippen LogP contribution >= 0.6 is 15.9 Å². The van der Waals surface area contributed by atoms with Crippen LogP contribution < -0.4 is 10.6 Å². The Balaban J connectivity index is 2.51. The van der Waals surface area contributed by atoms with Gasteiger partial charge in [-0.2, -0.15) is 0 Å². The van der Waals surface area contributed by atoms with E-state index in [-0.39, 0.29) is 18.4 Å². The second-order valence-corrected chi connectivity index (χ2v) is 5.47. The third-order valence-electron chi connectivity index (χ3n) is 3.11. The molecule has 5 nitrogen and oxygen atoms in total. The van der Waals surface area contributed by atoms with Crippen LogP contribution in [0.4, 0.5) is 10.5 Å². The second-order valence-electron chi connectivity index (χ2n) is 4.62. The maximum Gasteiger partial charge on any atom is 0.319 e. The van der Waals surface area contributed by atoms with E-state index in [1.165, 1.54) is 0 Å². The van der Waals surface area contributed by atoms with Crippen molar-refractivity contribution in [2.75, 3.05) is 11.9 Å². The fraction of sp³-hybridized carbons (Fsp3) is 0.429. The number of carbonyl (C=O) groups is 2. The van der Waals surface area contributed by atoms with E-state index in [1.807, 2.05) is 32.0 Å². The number of halogens is 1. The number of rotatable bonds is 6. The molecule has 1 atom stereocenters. The highest BCUT2D eigenvalue weighted by Gasteiger charge is 2.13. The molecule has 0 aliphatic heterocycles. The topological polar surface area (TPSA) is 78.4 Å². The molecule has 1 rings (SSSR count). The number of carboxylic acid groups (broad SMARTS) is 1. The highest BCUT2D eigenvalue weighted by atomic mass is 79.9. The fourth-order valence-electron chi connectivity index (χ4n) is 1.75. The number of amides is 2. The maximum absolute atomic E-state index is 11.8. The van der Waals surface area contributed by atoms with Crippen molar-refractivity contribution < 1.29 is 14.7 Å². The summed E-state index contributed by atoms with van der Waals surface area (Å²) in [5.41, 5.74) is 1.67. The lowest BCUT2D eigenvalue weighted by Crippen LogP contribution is -2.33. The first-order valence-corrected chi connectivity index (χ1v) is 7.25. The molecule has 20 heavy (non-hydrogen) atoms. The molecule has 0 bridgehead atoms. The Bertz CT molecular complexity index is 491. The first-order valence-electron chi connectivity index (χ1n) is 6.45. The molecule has 110 valence electrons. The van der Waals surface area contributed by atoms with Gasteiger partial charge in [-0.3, -0.25) is 4.79 Å². The lowest BCUT2D eigenvalue weighted by atomic mass is 10.0. The standard InChI is InChI=1S/C14H19BrN2O3/c1-3-10(7-13(18)19)8-16-14(20)17-12-6-4-5-11(15)9(12)2/h4-6,10H,3,7-8H2,1-2H3,(H,18,19)(H2,16,17,20). The fourth-order valence-corrected chi connectivity index (χ4v) is 2.12. The average molecular weight is 343 g/mol. The molecular formula is C14H19BrN2O3. The quantitative estimate of drug-likeness (QED) is 0.741. The number of benzene rings is 1. The Morgan fingerprint density at radius 2 is 2.10 bits per heavy atom. The summed E-state index contributed by atoms with van der Waals surface area (Å²) in [7, 11) is 0. The molecule has 0 heterocycles. The van der Waals surface area contributed by atoms with Crippen LogP contribution in [-0.4, -0.2) is 23.7 Å². The molecular weight excluding hydrogens is 324 g/mol. The SMILES string of the molecule is CCC(CNC(=O)Nc1cccc(Br)c1C)CC(=O)O. The Morgan fingerprint density at radius 1 is 1.40 bits per heavy atom. The number of urea groups is 1. The highest BCUT2D eigenvalue weighted by Crippen LogP contribution is 2.23. The number of carboxylic acids is 1. The molecule has 0 aliphatic rings. The van der Waals surface area contributed by atoms with Crippen LogP contribution in [0.25, 0.3) is 0 Å². The van der Waals surface area contributed by atoms with Gasteiger partial charge in [0.25, 0.3) is 0 Å². The second kappa shape index (κ2) is 7.89. The van der Waals surface area contributed by atoms with Crippen LogP contribution in [0.5, 0.6) is 0 Å². The van der Waals surface area contributed by atoms with Crippen LogP contribution in [0, 0.1) is 12.8 Å². The largest absolute Gasteiger partial charge is 0.481 e. The molecule has 0 saturated heterocycles. The van der Waals surface area contributed by atoms with Crippen LogP contribution in [0.1, 0.15) is 25.3 Å². The summed E-state index contributed by atoms with van der Waals surface area (Å²) in [5, 5.41) is 14.2. The van der Waals surface area contributed by atoms with Crippen molar-refractivity contribution in [2.45, 2.75) is 26.7 Å². The minimum atomic E-state index is -0.845. The summed E-state index contributed by atoms with van der Waals surface area (Å²) < 4.78 is 0.924. The van der Waals surface area contributed by atoms with Crippen molar-refractivity contribution in [1.82, 2.24) is 5.32 Å². The monoisotopic (exact) mass is 342 g/mol. The van der Waals surface area contributed by atoms with E-state index in [1.54, 1.807) is 0 Å². The molecule has 1 aromatic carbocycles. The van der Waals surface area contributed by atoms with E-state index in [0.717, 1.165) is 15.7 Å². The minimum Gasteiger partial charge on any atom is -0.481 e. The van der Waals surface area contributed by atoms with Gasteiger partial charge in [-0.05, 0) is 30.5 Å². The lowest BCUT2D eigenvalue weighted by Gasteiger charge is -2.15. The van der Waals surface area contributed by atoms with Gasteiger partial charge in [0.2, 0.25) is 0 Å². The normalized spacial score (nSPS) is 11.8. The summed E-state index contributed by atoms with van der Waals surface area (Å²) in [6.45, 7) is 4.16. The Kier molecular flexibility index (Phi) is 6.51. The van der Waals surface area contributed by atoms with Gasteiger partial charge in [0.1, 0.15) is 0 Å². The Labute approximate surface area is 126 Å². The van der Waals surface area contributed by atoms with Crippen LogP contribution in [0.2, 0.25) is 0 Å². The van der Waals surface area contributed by atoms with Crippen molar-refractivity contribution >= 4 is 33.6 Å². The molecule has 1 unspecified atom stereocenters. The molecule has 0 aromatic heterocycles. The molecule has 0 saturated carbocycles. The summed E-state index contributed by atoms with van der Waals surface area (Å²) in [6.07, 6.45) is 0.773. The van der Waals surface area contributed by atoms with Gasteiger partial charge in [-0.1, -0.05) is 35.3 Å². The Hall–Kier alpha value is -1.56. The summed E-state index contributed by atoms with van der Waals surface area (Å²) in [6, 6.07) is 5.23. The number of hydrogen-bond acceptors (Lipinski definition) is 2. The first-order chi connectivity index (χ1) is 9.43. The van der Waals surface area contributed by atoms with Crippen LogP contribution in [0.15, 0.2) is 22.7 Å². The first kappa shape index (κ1) is 16.5. The molecule has 1 aromatic rings. The van der Waals surface area contributed by atoms with Crippen molar-refractivity contribution in [3.8, 4) is 0 Å². The van der Waals surface area contributed by atoms with Crippen molar-refractivity contribution in [2.24, 2.45) is 5.92 Å². The zero-order valence-corrected chi connectivity index (χ0v) is 13.2. The third-order valence-corrected chi connectivity index (χ3v) is 3.97. The van der Waals surface area contributed by atoms with E-state index in [2.05, 4.69) is 26.6 Å². The molecule has 2 amide bonds. The van der Waals surface area contributed by atoms with Gasteiger partial charge in [-0.15, -0.1) is 0 Å². The maximum atomic E-state index is 11.8. The van der Waals surface area contributed by atoms with Crippen molar-refractivity contribution in [1.29, 1.82) is 0 Å². The van der Waals surface area contributed by atoms with E-state index in [0.29, 0.717) is 13.0 Å². The summed E-state index contributed by atoms with van der Waals surface area (Å²) in [4.78, 5) is 22.5. The average Bonchev–Trinajstić information content (AvgIpc) is 2.39. The minimum absolute atomic E-state index is 0.0538. The smallest absolute Gasteiger partial charge is 0.319 e. The summed E-state index contributed by atoms with van der Waals surface area (Å²) >= 11 is 3.40. The Morgan fingerprint density at radius 3 is 2.70 bits per heavy atom. The molecule has 0 fully saturated rings. The number of anilines is 1. The molecule has 3 N–H and O–H groups in total. The predicted molar refractivity (Wildman–Crippen MR) is 81.9 cm³/mol. The number of nitrogens with one attached hydrogen (secondary N) is 2. The number of aliphatic carboxylic acids is 1.